The summed E-state index contributed by atoms with van der Waals surface area (Å²) in [4.78, 5) is 0. The molecule has 21 heavy (non-hydrogen) atoms. The predicted molar refractivity (Wildman–Crippen MR) is 79.7 cm³/mol. The van der Waals surface area contributed by atoms with Crippen molar-refractivity contribution in [2.45, 2.75) is 19.9 Å². The second-order valence-corrected chi connectivity index (χ2v) is 4.76. The zero-order chi connectivity index (χ0) is 15.1. The lowest BCUT2D eigenvalue weighted by Gasteiger charge is -2.07. The first-order valence-corrected chi connectivity index (χ1v) is 6.91. The largest absolute Gasteiger partial charge is 0.398 e. The molecule has 0 fully saturated rings. The van der Waals surface area contributed by atoms with Crippen molar-refractivity contribution in [1.29, 1.82) is 0 Å². The number of rotatable bonds is 8. The molecule has 0 saturated carbocycles. The lowest BCUT2D eigenvalue weighted by Crippen LogP contribution is -2.08. The van der Waals surface area contributed by atoms with Crippen LogP contribution in [-0.2, 0) is 16.0 Å². The smallest absolute Gasteiger partial charge is 0.182 e. The zero-order valence-corrected chi connectivity index (χ0v) is 12.5. The number of hydrogen-bond donors (Lipinski definition) is 1. The SMILES string of the molecule is COCCOCCCn1nnnc1-c1ccc(C)c(N)c1. The molecule has 2 N–H and O–H groups in total. The molecular weight excluding hydrogens is 270 g/mol. The summed E-state index contributed by atoms with van der Waals surface area (Å²) in [5, 5.41) is 11.8. The molecule has 0 aliphatic rings. The Labute approximate surface area is 124 Å². The van der Waals surface area contributed by atoms with E-state index in [2.05, 4.69) is 15.5 Å². The van der Waals surface area contributed by atoms with Crippen LogP contribution in [0, 0.1) is 6.92 Å². The fourth-order valence-electron chi connectivity index (χ4n) is 1.90. The van der Waals surface area contributed by atoms with E-state index in [0.29, 0.717) is 26.4 Å². The maximum atomic E-state index is 5.94. The molecule has 1 aromatic heterocycles. The van der Waals surface area contributed by atoms with Crippen molar-refractivity contribution < 1.29 is 9.47 Å². The molecule has 2 aromatic rings. The number of hydrogen-bond acceptors (Lipinski definition) is 6. The Bertz CT molecular complexity index is 570. The van der Waals surface area contributed by atoms with Gasteiger partial charge >= 0.3 is 0 Å². The lowest BCUT2D eigenvalue weighted by molar-refractivity contribution is 0.0677. The molecule has 0 radical (unpaired) electrons. The normalized spacial score (nSPS) is 11.0. The van der Waals surface area contributed by atoms with Gasteiger partial charge in [0.15, 0.2) is 5.82 Å². The number of nitrogen functional groups attached to an aromatic ring is 1. The predicted octanol–water partition coefficient (Wildman–Crippen LogP) is 1.28. The number of nitrogens with two attached hydrogens (primary N) is 1. The van der Waals surface area contributed by atoms with Crippen molar-refractivity contribution in [3.05, 3.63) is 23.8 Å². The van der Waals surface area contributed by atoms with Gasteiger partial charge < -0.3 is 15.2 Å². The van der Waals surface area contributed by atoms with Gasteiger partial charge in [0.1, 0.15) is 0 Å². The number of aryl methyl sites for hydroxylation is 2. The number of methoxy groups -OCH3 is 1. The molecule has 1 heterocycles. The number of nitrogens with zero attached hydrogens (tertiary/aromatic N) is 4. The third-order valence-electron chi connectivity index (χ3n) is 3.16. The zero-order valence-electron chi connectivity index (χ0n) is 12.5. The number of anilines is 1. The molecule has 7 heteroatoms. The van der Waals surface area contributed by atoms with Crippen LogP contribution >= 0.6 is 0 Å². The van der Waals surface area contributed by atoms with Crippen LogP contribution in [0.3, 0.4) is 0 Å². The second kappa shape index (κ2) is 7.70. The van der Waals surface area contributed by atoms with Crippen molar-refractivity contribution in [1.82, 2.24) is 20.2 Å². The summed E-state index contributed by atoms with van der Waals surface area (Å²) >= 11 is 0. The molecule has 0 aliphatic heterocycles. The lowest BCUT2D eigenvalue weighted by atomic mass is 10.1. The molecule has 0 spiro atoms. The summed E-state index contributed by atoms with van der Waals surface area (Å²) in [6.07, 6.45) is 0.836. The summed E-state index contributed by atoms with van der Waals surface area (Å²) in [5.41, 5.74) is 8.64. The van der Waals surface area contributed by atoms with Gasteiger partial charge in [-0.15, -0.1) is 5.10 Å². The molecule has 0 bridgehead atoms. The van der Waals surface area contributed by atoms with Crippen molar-refractivity contribution in [2.24, 2.45) is 0 Å². The second-order valence-electron chi connectivity index (χ2n) is 4.76. The first kappa shape index (κ1) is 15.4. The van der Waals surface area contributed by atoms with Gasteiger partial charge in [0.2, 0.25) is 0 Å². The van der Waals surface area contributed by atoms with E-state index in [-0.39, 0.29) is 0 Å². The topological polar surface area (TPSA) is 88.1 Å². The number of benzene rings is 1. The van der Waals surface area contributed by atoms with Crippen LogP contribution in [0.1, 0.15) is 12.0 Å². The molecule has 0 amide bonds. The summed E-state index contributed by atoms with van der Waals surface area (Å²) in [6, 6.07) is 5.84. The van der Waals surface area contributed by atoms with Crippen LogP contribution in [0.25, 0.3) is 11.4 Å². The standard InChI is InChI=1S/C14H21N5O2/c1-11-4-5-12(10-13(11)15)14-16-17-18-19(14)6-3-7-21-9-8-20-2/h4-5,10H,3,6-9,15H2,1-2H3. The number of tetrazole rings is 1. The van der Waals surface area contributed by atoms with Crippen molar-refractivity contribution in [3.63, 3.8) is 0 Å². The Morgan fingerprint density at radius 3 is 2.86 bits per heavy atom. The number of ether oxygens (including phenoxy) is 2. The molecule has 7 nitrogen and oxygen atoms in total. The minimum absolute atomic E-state index is 0.605. The fourth-order valence-corrected chi connectivity index (χ4v) is 1.90. The number of aromatic nitrogens is 4. The Balaban J connectivity index is 1.93. The maximum Gasteiger partial charge on any atom is 0.182 e. The average Bonchev–Trinajstić information content (AvgIpc) is 2.94. The van der Waals surface area contributed by atoms with E-state index >= 15 is 0 Å². The van der Waals surface area contributed by atoms with Gasteiger partial charge in [0, 0.05) is 31.5 Å². The van der Waals surface area contributed by atoms with Crippen molar-refractivity contribution in [2.75, 3.05) is 32.7 Å². The highest BCUT2D eigenvalue weighted by Gasteiger charge is 2.09. The van der Waals surface area contributed by atoms with Crippen molar-refractivity contribution >= 4 is 5.69 Å². The van der Waals surface area contributed by atoms with Gasteiger partial charge in [-0.2, -0.15) is 0 Å². The van der Waals surface area contributed by atoms with E-state index in [1.165, 1.54) is 0 Å². The van der Waals surface area contributed by atoms with Gasteiger partial charge in [0.05, 0.1) is 13.2 Å². The maximum absolute atomic E-state index is 5.94. The Morgan fingerprint density at radius 2 is 2.10 bits per heavy atom. The summed E-state index contributed by atoms with van der Waals surface area (Å²) < 4.78 is 12.1. The third-order valence-corrected chi connectivity index (χ3v) is 3.16. The molecule has 1 aromatic carbocycles. The first-order chi connectivity index (χ1) is 10.2. The fraction of sp³-hybridized carbons (Fsp3) is 0.500. The van der Waals surface area contributed by atoms with E-state index in [1.807, 2.05) is 25.1 Å². The Kier molecular flexibility index (Phi) is 5.65. The highest BCUT2D eigenvalue weighted by atomic mass is 16.5. The molecule has 2 rings (SSSR count). The summed E-state index contributed by atoms with van der Waals surface area (Å²) in [5.74, 6) is 0.721. The average molecular weight is 291 g/mol. The van der Waals surface area contributed by atoms with Gasteiger partial charge in [-0.1, -0.05) is 12.1 Å². The van der Waals surface area contributed by atoms with Gasteiger partial charge in [0.25, 0.3) is 0 Å². The molecule has 114 valence electrons. The van der Waals surface area contributed by atoms with Gasteiger partial charge in [-0.3, -0.25) is 0 Å². The van der Waals surface area contributed by atoms with E-state index in [0.717, 1.165) is 29.1 Å². The van der Waals surface area contributed by atoms with E-state index in [4.69, 9.17) is 15.2 Å². The molecule has 0 unspecified atom stereocenters. The van der Waals surface area contributed by atoms with Gasteiger partial charge in [-0.25, -0.2) is 4.68 Å². The highest BCUT2D eigenvalue weighted by molar-refractivity contribution is 5.63. The van der Waals surface area contributed by atoms with E-state index < -0.39 is 0 Å². The van der Waals surface area contributed by atoms with E-state index in [1.54, 1.807) is 11.8 Å². The van der Waals surface area contributed by atoms with Crippen LogP contribution in [0.15, 0.2) is 18.2 Å². The Morgan fingerprint density at radius 1 is 1.24 bits per heavy atom. The van der Waals surface area contributed by atoms with Crippen LogP contribution in [0.5, 0.6) is 0 Å². The van der Waals surface area contributed by atoms with Gasteiger partial charge in [-0.05, 0) is 35.4 Å². The van der Waals surface area contributed by atoms with Crippen LogP contribution in [-0.4, -0.2) is 47.1 Å². The third kappa shape index (κ3) is 4.24. The van der Waals surface area contributed by atoms with E-state index in [9.17, 15) is 0 Å². The monoisotopic (exact) mass is 291 g/mol. The van der Waals surface area contributed by atoms with Crippen LogP contribution in [0.2, 0.25) is 0 Å². The van der Waals surface area contributed by atoms with Crippen LogP contribution < -0.4 is 5.73 Å². The minimum Gasteiger partial charge on any atom is -0.398 e. The first-order valence-electron chi connectivity index (χ1n) is 6.91. The van der Waals surface area contributed by atoms with Crippen molar-refractivity contribution in [3.8, 4) is 11.4 Å². The molecule has 0 aliphatic carbocycles. The highest BCUT2D eigenvalue weighted by Crippen LogP contribution is 2.21. The molecule has 0 saturated heterocycles. The quantitative estimate of drug-likeness (QED) is 0.582. The Hall–Kier alpha value is -1.99. The molecule has 0 atom stereocenters. The van der Waals surface area contributed by atoms with Crippen LogP contribution in [0.4, 0.5) is 5.69 Å². The minimum atomic E-state index is 0.605. The summed E-state index contributed by atoms with van der Waals surface area (Å²) in [7, 11) is 1.66. The molecular formula is C14H21N5O2. The summed E-state index contributed by atoms with van der Waals surface area (Å²) in [6.45, 7) is 4.54.